The third-order valence-corrected chi connectivity index (χ3v) is 5.44. The number of carbonyl (C=O) groups is 2. The van der Waals surface area contributed by atoms with Gasteiger partial charge in [0, 0.05) is 24.9 Å². The molecule has 1 atom stereocenters. The highest BCUT2D eigenvalue weighted by molar-refractivity contribution is 5.94. The lowest BCUT2D eigenvalue weighted by Gasteiger charge is -2.18. The number of amides is 2. The summed E-state index contributed by atoms with van der Waals surface area (Å²) >= 11 is 0. The fraction of sp³-hybridized carbons (Fsp3) is 0.417. The van der Waals surface area contributed by atoms with Gasteiger partial charge in [-0.25, -0.2) is 0 Å². The number of rotatable bonds is 7. The molecule has 2 heterocycles. The van der Waals surface area contributed by atoms with Crippen molar-refractivity contribution in [3.05, 3.63) is 47.5 Å². The molecular formula is C24H28N2O5. The Kier molecular flexibility index (Phi) is 6.60. The number of carbonyl (C=O) groups excluding carboxylic acids is 2. The average molecular weight is 424 g/mol. The minimum Gasteiger partial charge on any atom is -0.494 e. The second-order valence-corrected chi connectivity index (χ2v) is 7.86. The van der Waals surface area contributed by atoms with Gasteiger partial charge in [-0.05, 0) is 61.2 Å². The van der Waals surface area contributed by atoms with Gasteiger partial charge in [-0.15, -0.1) is 0 Å². The summed E-state index contributed by atoms with van der Waals surface area (Å²) in [4.78, 5) is 23.8. The Hall–Kier alpha value is -3.22. The van der Waals surface area contributed by atoms with Crippen LogP contribution in [0.25, 0.3) is 0 Å². The van der Waals surface area contributed by atoms with Crippen molar-refractivity contribution in [3.63, 3.8) is 0 Å². The summed E-state index contributed by atoms with van der Waals surface area (Å²) < 4.78 is 17.2. The van der Waals surface area contributed by atoms with Gasteiger partial charge in [-0.2, -0.15) is 0 Å². The van der Waals surface area contributed by atoms with E-state index in [-0.39, 0.29) is 17.9 Å². The zero-order chi connectivity index (χ0) is 21.6. The summed E-state index contributed by atoms with van der Waals surface area (Å²) in [7, 11) is 0. The molecule has 0 aliphatic carbocycles. The molecule has 0 spiro atoms. The molecule has 2 N–H and O–H groups in total. The molecule has 0 fully saturated rings. The second-order valence-electron chi connectivity index (χ2n) is 7.86. The van der Waals surface area contributed by atoms with Crippen molar-refractivity contribution >= 4 is 17.5 Å². The number of ether oxygens (including phenoxy) is 3. The average Bonchev–Trinajstić information content (AvgIpc) is 3.01. The molecule has 0 saturated heterocycles. The third kappa shape index (κ3) is 5.48. The molecule has 2 aromatic carbocycles. The molecule has 7 nitrogen and oxygen atoms in total. The highest BCUT2D eigenvalue weighted by Gasteiger charge is 2.16. The Morgan fingerprint density at radius 2 is 1.97 bits per heavy atom. The van der Waals surface area contributed by atoms with Crippen LogP contribution in [0.1, 0.15) is 49.8 Å². The lowest BCUT2D eigenvalue weighted by molar-refractivity contribution is -0.122. The van der Waals surface area contributed by atoms with Gasteiger partial charge >= 0.3 is 0 Å². The molecule has 1 unspecified atom stereocenters. The van der Waals surface area contributed by atoms with Crippen LogP contribution < -0.4 is 24.8 Å². The van der Waals surface area contributed by atoms with Crippen LogP contribution in [-0.4, -0.2) is 31.6 Å². The summed E-state index contributed by atoms with van der Waals surface area (Å²) in [5.74, 6) is 2.27. The van der Waals surface area contributed by atoms with E-state index in [1.165, 1.54) is 0 Å². The summed E-state index contributed by atoms with van der Waals surface area (Å²) in [5, 5.41) is 5.89. The fourth-order valence-electron chi connectivity index (χ4n) is 3.72. The quantitative estimate of drug-likeness (QED) is 0.661. The number of benzene rings is 2. The highest BCUT2D eigenvalue weighted by Crippen LogP contribution is 2.32. The van der Waals surface area contributed by atoms with E-state index in [2.05, 4.69) is 10.6 Å². The molecular weight excluding hydrogens is 396 g/mol. The van der Waals surface area contributed by atoms with Crippen LogP contribution in [0.5, 0.6) is 17.2 Å². The second kappa shape index (κ2) is 9.73. The van der Waals surface area contributed by atoms with Crippen molar-refractivity contribution in [2.45, 2.75) is 45.1 Å². The normalized spacial score (nSPS) is 15.8. The molecule has 0 radical (unpaired) electrons. The SMILES string of the molecule is CC(NC(=O)CCCOc1ccc2c(c1)CCC(=O)N2)c1ccc2c(c1)OCCCO2. The van der Waals surface area contributed by atoms with E-state index < -0.39 is 0 Å². The van der Waals surface area contributed by atoms with Gasteiger partial charge in [0.1, 0.15) is 5.75 Å². The van der Waals surface area contributed by atoms with Crippen LogP contribution in [0.3, 0.4) is 0 Å². The molecule has 164 valence electrons. The maximum Gasteiger partial charge on any atom is 0.224 e. The zero-order valence-electron chi connectivity index (χ0n) is 17.7. The van der Waals surface area contributed by atoms with Gasteiger partial charge in [0.25, 0.3) is 0 Å². The molecule has 31 heavy (non-hydrogen) atoms. The minimum atomic E-state index is -0.124. The number of anilines is 1. The fourth-order valence-corrected chi connectivity index (χ4v) is 3.72. The van der Waals surface area contributed by atoms with Gasteiger partial charge in [0.05, 0.1) is 25.9 Å². The molecule has 0 aromatic heterocycles. The lowest BCUT2D eigenvalue weighted by Crippen LogP contribution is -2.26. The van der Waals surface area contributed by atoms with Crippen molar-refractivity contribution < 1.29 is 23.8 Å². The van der Waals surface area contributed by atoms with Crippen molar-refractivity contribution in [3.8, 4) is 17.2 Å². The van der Waals surface area contributed by atoms with Crippen LogP contribution in [0, 0.1) is 0 Å². The maximum atomic E-state index is 12.3. The minimum absolute atomic E-state index is 0.0173. The Balaban J connectivity index is 1.22. The van der Waals surface area contributed by atoms with E-state index in [0.29, 0.717) is 39.1 Å². The van der Waals surface area contributed by atoms with E-state index >= 15 is 0 Å². The number of fused-ring (bicyclic) bond motifs is 2. The van der Waals surface area contributed by atoms with Crippen LogP contribution in [-0.2, 0) is 16.0 Å². The Bertz CT molecular complexity index is 959. The maximum absolute atomic E-state index is 12.3. The standard InChI is InChI=1S/C24H28N2O5/c1-16(17-5-9-21-22(15-17)31-13-3-12-30-21)25-23(27)4-2-11-29-19-7-8-20-18(14-19)6-10-24(28)26-20/h5,7-9,14-16H,2-4,6,10-13H2,1H3,(H,25,27)(H,26,28). The molecule has 0 bridgehead atoms. The van der Waals surface area contributed by atoms with E-state index in [1.807, 2.05) is 43.3 Å². The molecule has 2 amide bonds. The summed E-state index contributed by atoms with van der Waals surface area (Å²) in [6.07, 6.45) is 3.08. The smallest absolute Gasteiger partial charge is 0.224 e. The molecule has 4 rings (SSSR count). The van der Waals surface area contributed by atoms with Crippen molar-refractivity contribution in [1.82, 2.24) is 5.32 Å². The van der Waals surface area contributed by atoms with Crippen molar-refractivity contribution in [2.24, 2.45) is 0 Å². The topological polar surface area (TPSA) is 85.9 Å². The van der Waals surface area contributed by atoms with E-state index in [4.69, 9.17) is 14.2 Å². The van der Waals surface area contributed by atoms with Crippen LogP contribution >= 0.6 is 0 Å². The number of aryl methyl sites for hydroxylation is 1. The molecule has 2 aliphatic heterocycles. The van der Waals surface area contributed by atoms with Gasteiger partial charge in [0.2, 0.25) is 11.8 Å². The Labute approximate surface area is 182 Å². The lowest BCUT2D eigenvalue weighted by atomic mass is 10.0. The molecule has 2 aliphatic rings. The van der Waals surface area contributed by atoms with E-state index in [9.17, 15) is 9.59 Å². The third-order valence-electron chi connectivity index (χ3n) is 5.44. The first kappa shape index (κ1) is 21.0. The Morgan fingerprint density at radius 3 is 2.84 bits per heavy atom. The van der Waals surface area contributed by atoms with Gasteiger partial charge in [0.15, 0.2) is 11.5 Å². The summed E-state index contributed by atoms with van der Waals surface area (Å²) in [6.45, 7) is 3.70. The first-order chi connectivity index (χ1) is 15.1. The van der Waals surface area contributed by atoms with Crippen LogP contribution in [0.2, 0.25) is 0 Å². The molecule has 7 heteroatoms. The van der Waals surface area contributed by atoms with Gasteiger partial charge in [-0.3, -0.25) is 9.59 Å². The summed E-state index contributed by atoms with van der Waals surface area (Å²) in [5.41, 5.74) is 2.92. The van der Waals surface area contributed by atoms with Crippen molar-refractivity contribution in [2.75, 3.05) is 25.1 Å². The number of hydrogen-bond donors (Lipinski definition) is 2. The zero-order valence-corrected chi connectivity index (χ0v) is 17.7. The number of nitrogens with one attached hydrogen (secondary N) is 2. The van der Waals surface area contributed by atoms with Crippen LogP contribution in [0.4, 0.5) is 5.69 Å². The van der Waals surface area contributed by atoms with E-state index in [0.717, 1.165) is 46.9 Å². The van der Waals surface area contributed by atoms with E-state index in [1.54, 1.807) is 0 Å². The first-order valence-electron chi connectivity index (χ1n) is 10.8. The monoisotopic (exact) mass is 424 g/mol. The highest BCUT2D eigenvalue weighted by atomic mass is 16.5. The first-order valence-corrected chi connectivity index (χ1v) is 10.8. The predicted molar refractivity (Wildman–Crippen MR) is 117 cm³/mol. The van der Waals surface area contributed by atoms with Crippen LogP contribution in [0.15, 0.2) is 36.4 Å². The predicted octanol–water partition coefficient (Wildman–Crippen LogP) is 3.77. The van der Waals surface area contributed by atoms with Crippen molar-refractivity contribution in [1.29, 1.82) is 0 Å². The number of hydrogen-bond acceptors (Lipinski definition) is 5. The van der Waals surface area contributed by atoms with Gasteiger partial charge in [-0.1, -0.05) is 6.07 Å². The molecule has 0 saturated carbocycles. The Morgan fingerprint density at radius 1 is 1.13 bits per heavy atom. The van der Waals surface area contributed by atoms with Gasteiger partial charge < -0.3 is 24.8 Å². The summed E-state index contributed by atoms with van der Waals surface area (Å²) in [6, 6.07) is 11.3. The molecule has 2 aromatic rings. The largest absolute Gasteiger partial charge is 0.494 e.